The first-order valence-corrected chi connectivity index (χ1v) is 12.9. The fraction of sp³-hybridized carbons (Fsp3) is 1.00. The van der Waals surface area contributed by atoms with Crippen LogP contribution in [0.4, 0.5) is 0 Å². The summed E-state index contributed by atoms with van der Waals surface area (Å²) < 4.78 is 30.9. The molecule has 2 N–H and O–H groups in total. The highest BCUT2D eigenvalue weighted by atomic mass is 32.2. The number of aliphatic hydroxyl groups is 1. The average Bonchev–Trinajstić information content (AvgIpc) is 2.59. The van der Waals surface area contributed by atoms with Crippen LogP contribution >= 0.6 is 0 Å². The lowest BCUT2D eigenvalue weighted by Gasteiger charge is -2.19. The molecule has 0 aliphatic heterocycles. The van der Waals surface area contributed by atoms with Crippen molar-refractivity contribution in [3.63, 3.8) is 0 Å². The van der Waals surface area contributed by atoms with E-state index in [1.165, 1.54) is 96.3 Å². The molecule has 0 spiro atoms. The second-order valence-electron chi connectivity index (χ2n) is 8.41. The van der Waals surface area contributed by atoms with Gasteiger partial charge in [-0.05, 0) is 19.8 Å². The molecular formula is C22H46O4S. The number of rotatable bonds is 20. The SMILES string of the molecule is CCCCCCCCCCCCCCCCCCCCC(C)(O)S(=O)(=O)O. The normalized spacial score (nSPS) is 14.4. The molecule has 0 saturated heterocycles. The molecular weight excluding hydrogens is 360 g/mol. The van der Waals surface area contributed by atoms with Crippen LogP contribution in [-0.4, -0.2) is 23.0 Å². The molecule has 1 unspecified atom stereocenters. The molecule has 0 radical (unpaired) electrons. The van der Waals surface area contributed by atoms with Crippen molar-refractivity contribution in [1.29, 1.82) is 0 Å². The Kier molecular flexibility index (Phi) is 16.7. The summed E-state index contributed by atoms with van der Waals surface area (Å²) in [6.45, 7) is 3.43. The molecule has 0 heterocycles. The van der Waals surface area contributed by atoms with Gasteiger partial charge in [-0.2, -0.15) is 8.42 Å². The Balaban J connectivity index is 3.22. The zero-order valence-electron chi connectivity index (χ0n) is 18.1. The van der Waals surface area contributed by atoms with E-state index < -0.39 is 15.1 Å². The van der Waals surface area contributed by atoms with Gasteiger partial charge < -0.3 is 5.11 Å². The second kappa shape index (κ2) is 16.8. The van der Waals surface area contributed by atoms with E-state index in [2.05, 4.69) is 6.92 Å². The van der Waals surface area contributed by atoms with Crippen LogP contribution in [0, 0.1) is 0 Å². The van der Waals surface area contributed by atoms with Crippen LogP contribution in [0.25, 0.3) is 0 Å². The van der Waals surface area contributed by atoms with Gasteiger partial charge in [0.1, 0.15) is 0 Å². The summed E-state index contributed by atoms with van der Waals surface area (Å²) in [4.78, 5) is -2.00. The Hall–Kier alpha value is -0.130. The molecule has 0 aromatic heterocycles. The van der Waals surface area contributed by atoms with E-state index in [-0.39, 0.29) is 6.42 Å². The fourth-order valence-electron chi connectivity index (χ4n) is 3.48. The number of hydrogen-bond donors (Lipinski definition) is 2. The van der Waals surface area contributed by atoms with E-state index in [4.69, 9.17) is 4.55 Å². The summed E-state index contributed by atoms with van der Waals surface area (Å²) in [7, 11) is -4.37. The van der Waals surface area contributed by atoms with E-state index in [1.54, 1.807) is 0 Å². The lowest BCUT2D eigenvalue weighted by atomic mass is 10.0. The summed E-state index contributed by atoms with van der Waals surface area (Å²) in [5, 5.41) is 9.65. The summed E-state index contributed by atoms with van der Waals surface area (Å²) in [6.07, 6.45) is 23.1. The van der Waals surface area contributed by atoms with Crippen LogP contribution in [0.1, 0.15) is 136 Å². The van der Waals surface area contributed by atoms with Crippen molar-refractivity contribution in [3.05, 3.63) is 0 Å². The lowest BCUT2D eigenvalue weighted by molar-refractivity contribution is 0.119. The quantitative estimate of drug-likeness (QED) is 0.168. The van der Waals surface area contributed by atoms with Crippen LogP contribution < -0.4 is 0 Å². The van der Waals surface area contributed by atoms with Crippen molar-refractivity contribution < 1.29 is 18.1 Å². The topological polar surface area (TPSA) is 74.6 Å². The van der Waals surface area contributed by atoms with Gasteiger partial charge in [-0.1, -0.05) is 116 Å². The van der Waals surface area contributed by atoms with Crippen molar-refractivity contribution >= 4 is 10.1 Å². The Morgan fingerprint density at radius 3 is 1.11 bits per heavy atom. The minimum absolute atomic E-state index is 0.102. The smallest absolute Gasteiger partial charge is 0.294 e. The maximum Gasteiger partial charge on any atom is 0.294 e. The Labute approximate surface area is 169 Å². The van der Waals surface area contributed by atoms with E-state index in [9.17, 15) is 13.5 Å². The standard InChI is InChI=1S/C22H46O4S/c1-3-4-5-6-7-8-9-10-11-12-13-14-15-16-17-18-19-20-21-22(2,23)27(24,25)26/h23H,3-21H2,1-2H3,(H,24,25,26). The maximum absolute atomic E-state index is 11.0. The zero-order valence-corrected chi connectivity index (χ0v) is 18.9. The fourth-order valence-corrected chi connectivity index (χ4v) is 3.89. The molecule has 5 heteroatoms. The highest BCUT2D eigenvalue weighted by molar-refractivity contribution is 7.87. The first-order valence-electron chi connectivity index (χ1n) is 11.5. The minimum Gasteiger partial charge on any atom is -0.373 e. The van der Waals surface area contributed by atoms with E-state index in [0.717, 1.165) is 19.8 Å². The molecule has 27 heavy (non-hydrogen) atoms. The Morgan fingerprint density at radius 1 is 0.593 bits per heavy atom. The highest BCUT2D eigenvalue weighted by Crippen LogP contribution is 2.21. The first-order chi connectivity index (χ1) is 12.8. The third-order valence-electron chi connectivity index (χ3n) is 5.55. The van der Waals surface area contributed by atoms with E-state index in [1.807, 2.05) is 0 Å². The molecule has 0 fully saturated rings. The molecule has 0 rings (SSSR count). The predicted octanol–water partition coefficient (Wildman–Crippen LogP) is 7.01. The van der Waals surface area contributed by atoms with Crippen molar-refractivity contribution in [2.75, 3.05) is 0 Å². The maximum atomic E-state index is 11.0. The predicted molar refractivity (Wildman–Crippen MR) is 116 cm³/mol. The van der Waals surface area contributed by atoms with Gasteiger partial charge in [-0.15, -0.1) is 0 Å². The van der Waals surface area contributed by atoms with Crippen LogP contribution in [0.2, 0.25) is 0 Å². The Bertz CT molecular complexity index is 418. The first kappa shape index (κ1) is 26.9. The number of hydrogen-bond acceptors (Lipinski definition) is 3. The summed E-state index contributed by atoms with van der Waals surface area (Å²) in [6, 6.07) is 0. The summed E-state index contributed by atoms with van der Waals surface area (Å²) in [5.74, 6) is 0. The largest absolute Gasteiger partial charge is 0.373 e. The van der Waals surface area contributed by atoms with E-state index in [0.29, 0.717) is 6.42 Å². The average molecular weight is 407 g/mol. The molecule has 1 atom stereocenters. The second-order valence-corrected chi connectivity index (χ2v) is 10.2. The van der Waals surface area contributed by atoms with Crippen molar-refractivity contribution in [3.8, 4) is 0 Å². The molecule has 0 bridgehead atoms. The van der Waals surface area contributed by atoms with Crippen LogP contribution in [-0.2, 0) is 10.1 Å². The van der Waals surface area contributed by atoms with Gasteiger partial charge >= 0.3 is 0 Å². The van der Waals surface area contributed by atoms with Gasteiger partial charge in [0.15, 0.2) is 4.93 Å². The molecule has 0 amide bonds. The molecule has 0 aliphatic carbocycles. The van der Waals surface area contributed by atoms with Gasteiger partial charge in [0.05, 0.1) is 0 Å². The van der Waals surface area contributed by atoms with Crippen molar-refractivity contribution in [2.45, 2.75) is 141 Å². The van der Waals surface area contributed by atoms with Gasteiger partial charge in [-0.3, -0.25) is 4.55 Å². The summed E-state index contributed by atoms with van der Waals surface area (Å²) in [5.41, 5.74) is 0. The van der Waals surface area contributed by atoms with Crippen molar-refractivity contribution in [1.82, 2.24) is 0 Å². The minimum atomic E-state index is -4.37. The van der Waals surface area contributed by atoms with Gasteiger partial charge in [0.2, 0.25) is 0 Å². The molecule has 0 aromatic rings. The van der Waals surface area contributed by atoms with Crippen LogP contribution in [0.15, 0.2) is 0 Å². The Morgan fingerprint density at radius 2 is 0.852 bits per heavy atom. The third kappa shape index (κ3) is 16.5. The third-order valence-corrected chi connectivity index (χ3v) is 6.87. The lowest BCUT2D eigenvalue weighted by Crippen LogP contribution is -2.34. The molecule has 4 nitrogen and oxygen atoms in total. The number of unbranched alkanes of at least 4 members (excludes halogenated alkanes) is 17. The molecule has 0 aromatic carbocycles. The monoisotopic (exact) mass is 406 g/mol. The van der Waals surface area contributed by atoms with Gasteiger partial charge in [0, 0.05) is 0 Å². The van der Waals surface area contributed by atoms with Crippen LogP contribution in [0.5, 0.6) is 0 Å². The van der Waals surface area contributed by atoms with Crippen molar-refractivity contribution in [2.24, 2.45) is 0 Å². The highest BCUT2D eigenvalue weighted by Gasteiger charge is 2.34. The van der Waals surface area contributed by atoms with Crippen LogP contribution in [0.3, 0.4) is 0 Å². The van der Waals surface area contributed by atoms with Gasteiger partial charge in [-0.25, -0.2) is 0 Å². The van der Waals surface area contributed by atoms with Gasteiger partial charge in [0.25, 0.3) is 10.1 Å². The molecule has 164 valence electrons. The molecule has 0 aliphatic rings. The summed E-state index contributed by atoms with van der Waals surface area (Å²) >= 11 is 0. The molecule has 0 saturated carbocycles. The van der Waals surface area contributed by atoms with E-state index >= 15 is 0 Å². The zero-order chi connectivity index (χ0) is 20.4.